The first-order chi connectivity index (χ1) is 5.88. The number of carbonyl (C=O) groups excluding carboxylic acids is 1. The maximum atomic E-state index is 11.3. The summed E-state index contributed by atoms with van der Waals surface area (Å²) in [6.07, 6.45) is 1.82. The second kappa shape index (κ2) is 3.63. The van der Waals surface area contributed by atoms with Gasteiger partial charge in [-0.1, -0.05) is 0 Å². The molecule has 76 valence electrons. The van der Waals surface area contributed by atoms with Crippen LogP contribution in [0, 0.1) is 0 Å². The molecular formula is C7H14N2O3S. The van der Waals surface area contributed by atoms with Crippen molar-refractivity contribution in [2.75, 3.05) is 25.1 Å². The van der Waals surface area contributed by atoms with Gasteiger partial charge in [0.1, 0.15) is 5.75 Å². The molecule has 1 rings (SSSR count). The normalized spacial score (nSPS) is 23.5. The highest BCUT2D eigenvalue weighted by Crippen LogP contribution is 2.07. The molecular weight excluding hydrogens is 192 g/mol. The van der Waals surface area contributed by atoms with E-state index in [0.717, 1.165) is 12.7 Å². The van der Waals surface area contributed by atoms with Crippen molar-refractivity contribution in [3.8, 4) is 0 Å². The third-order valence-electron chi connectivity index (χ3n) is 1.96. The Labute approximate surface area is 77.8 Å². The van der Waals surface area contributed by atoms with Gasteiger partial charge in [0.05, 0.1) is 0 Å². The average Bonchev–Trinajstić information content (AvgIpc) is 2.31. The van der Waals surface area contributed by atoms with E-state index in [-0.39, 0.29) is 11.9 Å². The van der Waals surface area contributed by atoms with Gasteiger partial charge >= 0.3 is 0 Å². The standard InChI is InChI=1S/C7H14N2O3S/c1-13(11,12)5-7(10)9-3-2-6(8)4-9/h6H,2-5,8H2,1H3/t6-/m1/s1. The summed E-state index contributed by atoms with van der Waals surface area (Å²) in [5.74, 6) is -0.741. The maximum absolute atomic E-state index is 11.3. The van der Waals surface area contributed by atoms with E-state index in [1.807, 2.05) is 0 Å². The zero-order chi connectivity index (χ0) is 10.1. The lowest BCUT2D eigenvalue weighted by Crippen LogP contribution is -2.35. The molecule has 1 amide bonds. The van der Waals surface area contributed by atoms with Crippen molar-refractivity contribution in [3.63, 3.8) is 0 Å². The van der Waals surface area contributed by atoms with Crippen LogP contribution in [0.15, 0.2) is 0 Å². The molecule has 2 N–H and O–H groups in total. The molecule has 0 aliphatic carbocycles. The van der Waals surface area contributed by atoms with E-state index in [9.17, 15) is 13.2 Å². The van der Waals surface area contributed by atoms with E-state index in [4.69, 9.17) is 5.73 Å². The average molecular weight is 206 g/mol. The number of amides is 1. The van der Waals surface area contributed by atoms with Crippen LogP contribution in [0.3, 0.4) is 0 Å². The van der Waals surface area contributed by atoms with E-state index in [0.29, 0.717) is 13.1 Å². The van der Waals surface area contributed by atoms with Crippen LogP contribution in [0.5, 0.6) is 0 Å². The largest absolute Gasteiger partial charge is 0.340 e. The minimum Gasteiger partial charge on any atom is -0.340 e. The molecule has 0 aromatic heterocycles. The number of carbonyl (C=O) groups is 1. The van der Waals surface area contributed by atoms with Crippen LogP contribution in [0.4, 0.5) is 0 Å². The monoisotopic (exact) mass is 206 g/mol. The van der Waals surface area contributed by atoms with E-state index in [1.165, 1.54) is 4.90 Å². The van der Waals surface area contributed by atoms with Crippen LogP contribution in [0.2, 0.25) is 0 Å². The predicted molar refractivity (Wildman–Crippen MR) is 48.9 cm³/mol. The Morgan fingerprint density at radius 2 is 2.23 bits per heavy atom. The number of likely N-dealkylation sites (tertiary alicyclic amines) is 1. The second-order valence-electron chi connectivity index (χ2n) is 3.46. The van der Waals surface area contributed by atoms with Gasteiger partial charge in [-0.3, -0.25) is 4.79 Å². The molecule has 0 unspecified atom stereocenters. The molecule has 0 radical (unpaired) electrons. The van der Waals surface area contributed by atoms with Gasteiger partial charge in [0.15, 0.2) is 9.84 Å². The summed E-state index contributed by atoms with van der Waals surface area (Å²) in [5, 5.41) is 0. The Balaban J connectivity index is 2.50. The summed E-state index contributed by atoms with van der Waals surface area (Å²) in [5.41, 5.74) is 5.58. The summed E-state index contributed by atoms with van der Waals surface area (Å²) >= 11 is 0. The van der Waals surface area contributed by atoms with Gasteiger partial charge in [-0.15, -0.1) is 0 Å². The van der Waals surface area contributed by atoms with Crippen LogP contribution in [-0.2, 0) is 14.6 Å². The van der Waals surface area contributed by atoms with Crippen LogP contribution in [0.1, 0.15) is 6.42 Å². The SMILES string of the molecule is CS(=O)(=O)CC(=O)N1CC[C@@H](N)C1. The highest BCUT2D eigenvalue weighted by molar-refractivity contribution is 7.91. The third-order valence-corrected chi connectivity index (χ3v) is 2.73. The first kappa shape index (κ1) is 10.5. The number of hydrogen-bond donors (Lipinski definition) is 1. The quantitative estimate of drug-likeness (QED) is 0.602. The third kappa shape index (κ3) is 3.31. The molecule has 1 heterocycles. The Bertz CT molecular complexity index is 299. The smallest absolute Gasteiger partial charge is 0.237 e. The lowest BCUT2D eigenvalue weighted by molar-refractivity contribution is -0.127. The number of nitrogens with zero attached hydrogens (tertiary/aromatic N) is 1. The summed E-state index contributed by atoms with van der Waals surface area (Å²) < 4.78 is 21.6. The van der Waals surface area contributed by atoms with Gasteiger partial charge in [-0.2, -0.15) is 0 Å². The Hall–Kier alpha value is -0.620. The van der Waals surface area contributed by atoms with Crippen molar-refractivity contribution >= 4 is 15.7 Å². The first-order valence-electron chi connectivity index (χ1n) is 4.09. The van der Waals surface area contributed by atoms with Gasteiger partial charge in [0.2, 0.25) is 5.91 Å². The van der Waals surface area contributed by atoms with Crippen molar-refractivity contribution in [1.29, 1.82) is 0 Å². The van der Waals surface area contributed by atoms with Crippen LogP contribution in [-0.4, -0.2) is 50.4 Å². The molecule has 1 aliphatic rings. The molecule has 1 saturated heterocycles. The van der Waals surface area contributed by atoms with Crippen LogP contribution < -0.4 is 5.73 Å². The predicted octanol–water partition coefficient (Wildman–Crippen LogP) is -1.41. The number of hydrogen-bond acceptors (Lipinski definition) is 4. The van der Waals surface area contributed by atoms with Crippen molar-refractivity contribution in [1.82, 2.24) is 4.90 Å². The summed E-state index contributed by atoms with van der Waals surface area (Å²) in [7, 11) is -3.21. The molecule has 13 heavy (non-hydrogen) atoms. The van der Waals surface area contributed by atoms with Gasteiger partial charge in [-0.05, 0) is 6.42 Å². The van der Waals surface area contributed by atoms with Gasteiger partial charge in [0, 0.05) is 25.4 Å². The molecule has 0 aromatic rings. The molecule has 5 nitrogen and oxygen atoms in total. The first-order valence-corrected chi connectivity index (χ1v) is 6.15. The van der Waals surface area contributed by atoms with Crippen molar-refractivity contribution < 1.29 is 13.2 Å². The summed E-state index contributed by atoms with van der Waals surface area (Å²) in [6, 6.07) is 0.00325. The Kier molecular flexibility index (Phi) is 2.92. The van der Waals surface area contributed by atoms with E-state index in [1.54, 1.807) is 0 Å². The van der Waals surface area contributed by atoms with Gasteiger partial charge in [-0.25, -0.2) is 8.42 Å². The fourth-order valence-electron chi connectivity index (χ4n) is 1.33. The lowest BCUT2D eigenvalue weighted by Gasteiger charge is -2.14. The fraction of sp³-hybridized carbons (Fsp3) is 0.857. The zero-order valence-electron chi connectivity index (χ0n) is 7.56. The van der Waals surface area contributed by atoms with Crippen molar-refractivity contribution in [2.24, 2.45) is 5.73 Å². The molecule has 0 saturated carbocycles. The molecule has 1 atom stereocenters. The lowest BCUT2D eigenvalue weighted by atomic mass is 10.3. The highest BCUT2D eigenvalue weighted by atomic mass is 32.2. The Morgan fingerprint density at radius 1 is 1.62 bits per heavy atom. The molecule has 0 aromatic carbocycles. The molecule has 1 aliphatic heterocycles. The van der Waals surface area contributed by atoms with Gasteiger partial charge < -0.3 is 10.6 Å². The number of sulfone groups is 1. The molecule has 0 bridgehead atoms. The number of nitrogens with two attached hydrogens (primary N) is 1. The molecule has 6 heteroatoms. The Morgan fingerprint density at radius 3 is 2.62 bits per heavy atom. The maximum Gasteiger partial charge on any atom is 0.237 e. The van der Waals surface area contributed by atoms with Crippen LogP contribution in [0.25, 0.3) is 0 Å². The fourth-order valence-corrected chi connectivity index (χ4v) is 1.96. The second-order valence-corrected chi connectivity index (χ2v) is 5.60. The zero-order valence-corrected chi connectivity index (χ0v) is 8.38. The van der Waals surface area contributed by atoms with E-state index in [2.05, 4.69) is 0 Å². The number of rotatable bonds is 2. The topological polar surface area (TPSA) is 80.5 Å². The molecule has 1 fully saturated rings. The van der Waals surface area contributed by atoms with E-state index >= 15 is 0 Å². The highest BCUT2D eigenvalue weighted by Gasteiger charge is 2.25. The summed E-state index contributed by atoms with van der Waals surface area (Å²) in [4.78, 5) is 12.8. The molecule has 0 spiro atoms. The summed E-state index contributed by atoms with van der Waals surface area (Å²) in [6.45, 7) is 1.06. The minimum atomic E-state index is -3.21. The van der Waals surface area contributed by atoms with Gasteiger partial charge in [0.25, 0.3) is 0 Å². The minimum absolute atomic E-state index is 0.00325. The van der Waals surface area contributed by atoms with Crippen LogP contribution >= 0.6 is 0 Å². The van der Waals surface area contributed by atoms with E-state index < -0.39 is 15.6 Å². The van der Waals surface area contributed by atoms with Crippen molar-refractivity contribution in [2.45, 2.75) is 12.5 Å². The van der Waals surface area contributed by atoms with Crippen molar-refractivity contribution in [3.05, 3.63) is 0 Å².